The average molecular weight is 241 g/mol. The summed E-state index contributed by atoms with van der Waals surface area (Å²) in [4.78, 5) is 8.52. The third kappa shape index (κ3) is 5.32. The van der Waals surface area contributed by atoms with E-state index in [1.807, 2.05) is 31.7 Å². The van der Waals surface area contributed by atoms with E-state index in [-0.39, 0.29) is 6.61 Å². The van der Waals surface area contributed by atoms with Crippen molar-refractivity contribution in [1.82, 2.24) is 9.97 Å². The molecule has 0 bridgehead atoms. The Morgan fingerprint density at radius 1 is 1.31 bits per heavy atom. The van der Waals surface area contributed by atoms with Gasteiger partial charge < -0.3 is 10.4 Å². The van der Waals surface area contributed by atoms with Gasteiger partial charge in [-0.15, -0.1) is 0 Å². The number of nitrogens with one attached hydrogen (secondary N) is 1. The lowest BCUT2D eigenvalue weighted by atomic mass is 10.4. The lowest BCUT2D eigenvalue weighted by molar-refractivity contribution is 0.296. The molecule has 0 fully saturated rings. The second kappa shape index (κ2) is 7.46. The van der Waals surface area contributed by atoms with Gasteiger partial charge in [0.15, 0.2) is 0 Å². The van der Waals surface area contributed by atoms with Crippen LogP contribution >= 0.6 is 11.8 Å². The van der Waals surface area contributed by atoms with E-state index in [0.29, 0.717) is 0 Å². The molecule has 0 aliphatic carbocycles. The summed E-state index contributed by atoms with van der Waals surface area (Å²) >= 11 is 1.84. The molecular formula is C11H19N3OS. The molecule has 0 atom stereocenters. The summed E-state index contributed by atoms with van der Waals surface area (Å²) in [6.07, 6.45) is 0.871. The van der Waals surface area contributed by atoms with Crippen LogP contribution in [-0.4, -0.2) is 39.7 Å². The Morgan fingerprint density at radius 3 is 2.81 bits per heavy atom. The molecule has 0 aromatic carbocycles. The van der Waals surface area contributed by atoms with E-state index in [0.717, 1.165) is 41.8 Å². The second-order valence-corrected chi connectivity index (χ2v) is 4.78. The van der Waals surface area contributed by atoms with Crippen molar-refractivity contribution >= 4 is 17.6 Å². The van der Waals surface area contributed by atoms with Gasteiger partial charge in [0.25, 0.3) is 0 Å². The van der Waals surface area contributed by atoms with Gasteiger partial charge in [-0.2, -0.15) is 11.8 Å². The molecule has 0 saturated heterocycles. The third-order valence-electron chi connectivity index (χ3n) is 1.97. The Hall–Kier alpha value is -0.810. The minimum Gasteiger partial charge on any atom is -0.396 e. The van der Waals surface area contributed by atoms with E-state index in [1.165, 1.54) is 0 Å². The Morgan fingerprint density at radius 2 is 2.12 bits per heavy atom. The van der Waals surface area contributed by atoms with Crippen molar-refractivity contribution < 1.29 is 5.11 Å². The van der Waals surface area contributed by atoms with Crippen molar-refractivity contribution in [1.29, 1.82) is 0 Å². The van der Waals surface area contributed by atoms with E-state index in [1.54, 1.807) is 0 Å². The number of anilines is 1. The van der Waals surface area contributed by atoms with Gasteiger partial charge in [0.1, 0.15) is 11.6 Å². The maximum absolute atomic E-state index is 8.62. The molecule has 16 heavy (non-hydrogen) atoms. The molecule has 4 nitrogen and oxygen atoms in total. The minimum atomic E-state index is 0.282. The zero-order chi connectivity index (χ0) is 11.8. The number of nitrogens with zero attached hydrogens (tertiary/aromatic N) is 2. The number of hydrogen-bond acceptors (Lipinski definition) is 5. The van der Waals surface area contributed by atoms with Gasteiger partial charge in [0, 0.05) is 30.7 Å². The third-order valence-corrected chi connectivity index (χ3v) is 3.04. The predicted octanol–water partition coefficient (Wildman–Crippen LogP) is 1.62. The number of aromatic nitrogens is 2. The average Bonchev–Trinajstić information content (AvgIpc) is 2.22. The monoisotopic (exact) mass is 241 g/mol. The quantitative estimate of drug-likeness (QED) is 0.710. The standard InChI is InChI=1S/C11H19N3OS/c1-9-8-11(14-10(2)13-9)12-4-7-16-6-3-5-15/h8,15H,3-7H2,1-2H3,(H,12,13,14). The molecule has 90 valence electrons. The number of aliphatic hydroxyl groups is 1. The van der Waals surface area contributed by atoms with Crippen molar-refractivity contribution in [3.8, 4) is 0 Å². The molecule has 0 aliphatic rings. The lowest BCUT2D eigenvalue weighted by Crippen LogP contribution is -2.07. The van der Waals surface area contributed by atoms with Crippen molar-refractivity contribution in [3.05, 3.63) is 17.6 Å². The van der Waals surface area contributed by atoms with Crippen LogP contribution in [0.25, 0.3) is 0 Å². The smallest absolute Gasteiger partial charge is 0.129 e. The van der Waals surface area contributed by atoms with Crippen molar-refractivity contribution in [2.24, 2.45) is 0 Å². The zero-order valence-electron chi connectivity index (χ0n) is 9.86. The van der Waals surface area contributed by atoms with E-state index in [2.05, 4.69) is 15.3 Å². The van der Waals surface area contributed by atoms with Crippen LogP contribution < -0.4 is 5.32 Å². The fourth-order valence-electron chi connectivity index (χ4n) is 1.33. The summed E-state index contributed by atoms with van der Waals surface area (Å²) in [5, 5.41) is 11.9. The zero-order valence-corrected chi connectivity index (χ0v) is 10.7. The highest BCUT2D eigenvalue weighted by Crippen LogP contribution is 2.06. The number of aliphatic hydroxyl groups excluding tert-OH is 1. The van der Waals surface area contributed by atoms with Gasteiger partial charge in [0.2, 0.25) is 0 Å². The first kappa shape index (κ1) is 13.3. The topological polar surface area (TPSA) is 58.0 Å². The second-order valence-electron chi connectivity index (χ2n) is 3.56. The number of thioether (sulfide) groups is 1. The summed E-state index contributed by atoms with van der Waals surface area (Å²) in [6.45, 7) is 5.04. The Labute approximate surface area is 101 Å². The summed E-state index contributed by atoms with van der Waals surface area (Å²) in [6, 6.07) is 1.95. The highest BCUT2D eigenvalue weighted by Gasteiger charge is 1.97. The SMILES string of the molecule is Cc1cc(NCCSCCCO)nc(C)n1. The largest absolute Gasteiger partial charge is 0.396 e. The van der Waals surface area contributed by atoms with Gasteiger partial charge in [0.05, 0.1) is 0 Å². The van der Waals surface area contributed by atoms with Crippen LogP contribution in [0.3, 0.4) is 0 Å². The van der Waals surface area contributed by atoms with Crippen molar-refractivity contribution in [2.75, 3.05) is 30.0 Å². The van der Waals surface area contributed by atoms with Crippen LogP contribution in [0.15, 0.2) is 6.07 Å². The molecule has 0 amide bonds. The van der Waals surface area contributed by atoms with Crippen LogP contribution in [0.4, 0.5) is 5.82 Å². The first-order chi connectivity index (χ1) is 7.72. The van der Waals surface area contributed by atoms with E-state index < -0.39 is 0 Å². The Balaban J connectivity index is 2.21. The fourth-order valence-corrected chi connectivity index (χ4v) is 2.11. The van der Waals surface area contributed by atoms with E-state index in [4.69, 9.17) is 5.11 Å². The highest BCUT2D eigenvalue weighted by atomic mass is 32.2. The van der Waals surface area contributed by atoms with Gasteiger partial charge in [-0.3, -0.25) is 0 Å². The molecule has 0 unspecified atom stereocenters. The predicted molar refractivity (Wildman–Crippen MR) is 69.0 cm³/mol. The lowest BCUT2D eigenvalue weighted by Gasteiger charge is -2.06. The first-order valence-corrected chi connectivity index (χ1v) is 6.62. The molecule has 5 heteroatoms. The van der Waals surface area contributed by atoms with Crippen LogP contribution in [0.1, 0.15) is 17.9 Å². The molecular weight excluding hydrogens is 222 g/mol. The summed E-state index contributed by atoms with van der Waals surface area (Å²) < 4.78 is 0. The normalized spacial score (nSPS) is 10.4. The fraction of sp³-hybridized carbons (Fsp3) is 0.636. The molecule has 0 spiro atoms. The van der Waals surface area contributed by atoms with Crippen LogP contribution in [0.5, 0.6) is 0 Å². The van der Waals surface area contributed by atoms with Crippen LogP contribution in [0, 0.1) is 13.8 Å². The van der Waals surface area contributed by atoms with Crippen molar-refractivity contribution in [3.63, 3.8) is 0 Å². The molecule has 1 aromatic rings. The van der Waals surface area contributed by atoms with Gasteiger partial charge in [-0.25, -0.2) is 9.97 Å². The molecule has 2 N–H and O–H groups in total. The van der Waals surface area contributed by atoms with E-state index in [9.17, 15) is 0 Å². The van der Waals surface area contributed by atoms with Crippen LogP contribution in [-0.2, 0) is 0 Å². The molecule has 0 radical (unpaired) electrons. The molecule has 0 saturated carbocycles. The van der Waals surface area contributed by atoms with Crippen LogP contribution in [0.2, 0.25) is 0 Å². The molecule has 1 rings (SSSR count). The van der Waals surface area contributed by atoms with Gasteiger partial charge >= 0.3 is 0 Å². The summed E-state index contributed by atoms with van der Waals surface area (Å²) in [5.74, 6) is 3.74. The number of hydrogen-bond donors (Lipinski definition) is 2. The first-order valence-electron chi connectivity index (χ1n) is 5.47. The number of aryl methyl sites for hydroxylation is 2. The Kier molecular flexibility index (Phi) is 6.18. The van der Waals surface area contributed by atoms with E-state index >= 15 is 0 Å². The van der Waals surface area contributed by atoms with Crippen molar-refractivity contribution in [2.45, 2.75) is 20.3 Å². The number of rotatable bonds is 7. The molecule has 1 heterocycles. The summed E-state index contributed by atoms with van der Waals surface area (Å²) in [5.41, 5.74) is 0.989. The minimum absolute atomic E-state index is 0.282. The Bertz CT molecular complexity index is 300. The molecule has 1 aromatic heterocycles. The highest BCUT2D eigenvalue weighted by molar-refractivity contribution is 7.99. The summed E-state index contributed by atoms with van der Waals surface area (Å²) in [7, 11) is 0. The van der Waals surface area contributed by atoms with Gasteiger partial charge in [-0.05, 0) is 26.0 Å². The van der Waals surface area contributed by atoms with Gasteiger partial charge in [-0.1, -0.05) is 0 Å². The maximum Gasteiger partial charge on any atom is 0.129 e. The molecule has 0 aliphatic heterocycles. The maximum atomic E-state index is 8.62.